The average molecular weight is 623 g/mol. The number of aromatic nitrogens is 6. The monoisotopic (exact) mass is 622 g/mol. The van der Waals surface area contributed by atoms with Crippen LogP contribution in [-0.2, 0) is 16.1 Å². The second-order valence-corrected chi connectivity index (χ2v) is 11.1. The summed E-state index contributed by atoms with van der Waals surface area (Å²) in [6, 6.07) is 2.14. The van der Waals surface area contributed by atoms with Crippen molar-refractivity contribution >= 4 is 50.4 Å². The summed E-state index contributed by atoms with van der Waals surface area (Å²) in [6.45, 7) is 5.23. The van der Waals surface area contributed by atoms with Gasteiger partial charge in [0.1, 0.15) is 28.8 Å². The number of likely N-dealkylation sites (tertiary alicyclic amines) is 1. The molecule has 0 bridgehead atoms. The lowest BCUT2D eigenvalue weighted by atomic mass is 10.1. The third-order valence-corrected chi connectivity index (χ3v) is 8.13. The van der Waals surface area contributed by atoms with Gasteiger partial charge in [0.05, 0.1) is 16.9 Å². The van der Waals surface area contributed by atoms with Gasteiger partial charge in [-0.15, -0.1) is 0 Å². The van der Waals surface area contributed by atoms with E-state index in [1.54, 1.807) is 39.2 Å². The number of fused-ring (bicyclic) bond motifs is 2. The number of carboxylic acids is 1. The van der Waals surface area contributed by atoms with Gasteiger partial charge in [0.2, 0.25) is 11.8 Å². The van der Waals surface area contributed by atoms with Crippen molar-refractivity contribution in [3.05, 3.63) is 57.7 Å². The number of aryl methyl sites for hydroxylation is 3. The number of carboxylic acid groups (broad SMARTS) is 1. The molecule has 0 aromatic carbocycles. The topological polar surface area (TPSA) is 156 Å². The fourth-order valence-corrected chi connectivity index (χ4v) is 5.79. The van der Waals surface area contributed by atoms with Gasteiger partial charge in [0, 0.05) is 29.9 Å². The third-order valence-electron chi connectivity index (χ3n) is 7.57. The maximum atomic E-state index is 13.8. The van der Waals surface area contributed by atoms with Gasteiger partial charge >= 0.3 is 5.97 Å². The summed E-state index contributed by atoms with van der Waals surface area (Å²) in [5.74, 6) is -1.56. The number of nitrogens with one attached hydrogen (secondary N) is 1. The van der Waals surface area contributed by atoms with Crippen molar-refractivity contribution in [2.75, 3.05) is 11.9 Å². The van der Waals surface area contributed by atoms with Crippen LogP contribution >= 0.6 is 15.9 Å². The first-order valence-electron chi connectivity index (χ1n) is 12.8. The normalized spacial score (nSPS) is 19.3. The molecule has 41 heavy (non-hydrogen) atoms. The number of nitrogens with zero attached hydrogens (tertiary/aromatic N) is 7. The number of aromatic carboxylic acids is 1. The molecule has 2 N–H and O–H groups in total. The minimum atomic E-state index is -1.24. The number of rotatable bonds is 6. The van der Waals surface area contributed by atoms with E-state index in [2.05, 4.69) is 46.3 Å². The minimum absolute atomic E-state index is 0.00906. The largest absolute Gasteiger partial charge is 0.476 e. The van der Waals surface area contributed by atoms with E-state index in [9.17, 15) is 23.9 Å². The zero-order valence-corrected chi connectivity index (χ0v) is 23.8. The van der Waals surface area contributed by atoms with Crippen molar-refractivity contribution in [1.82, 2.24) is 34.6 Å². The molecule has 6 rings (SSSR count). The molecule has 2 aliphatic rings. The summed E-state index contributed by atoms with van der Waals surface area (Å²) in [5, 5.41) is 17.2. The van der Waals surface area contributed by atoms with Crippen LogP contribution in [0.3, 0.4) is 0 Å². The second kappa shape index (κ2) is 9.94. The highest BCUT2D eigenvalue weighted by atomic mass is 79.9. The van der Waals surface area contributed by atoms with Crippen molar-refractivity contribution < 1.29 is 23.9 Å². The van der Waals surface area contributed by atoms with Crippen LogP contribution in [-0.4, -0.2) is 70.1 Å². The van der Waals surface area contributed by atoms with Gasteiger partial charge in [0.25, 0.3) is 0 Å². The zero-order valence-electron chi connectivity index (χ0n) is 22.2. The Labute approximate surface area is 241 Å². The smallest absolute Gasteiger partial charge is 0.357 e. The number of pyridine rings is 2. The van der Waals surface area contributed by atoms with Gasteiger partial charge in [-0.2, -0.15) is 5.10 Å². The molecule has 2 amide bonds. The molecule has 4 aromatic heterocycles. The lowest BCUT2D eigenvalue weighted by molar-refractivity contribution is -0.138. The van der Waals surface area contributed by atoms with Gasteiger partial charge in [-0.3, -0.25) is 19.3 Å². The minimum Gasteiger partial charge on any atom is -0.476 e. The van der Waals surface area contributed by atoms with Crippen molar-refractivity contribution in [3.8, 4) is 11.3 Å². The molecule has 0 radical (unpaired) electrons. The number of carbonyl (C=O) groups excluding carboxylic acids is 2. The Morgan fingerprint density at radius 2 is 1.88 bits per heavy atom. The molecule has 1 saturated carbocycles. The predicted octanol–water partition coefficient (Wildman–Crippen LogP) is 3.29. The molecule has 3 atom stereocenters. The van der Waals surface area contributed by atoms with Gasteiger partial charge in [-0.1, -0.05) is 0 Å². The molecule has 210 valence electrons. The molecule has 4 aromatic rings. The number of hydrogen-bond donors (Lipinski definition) is 2. The highest BCUT2D eigenvalue weighted by Gasteiger charge is 2.56. The molecule has 1 aliphatic carbocycles. The number of anilines is 1. The second-order valence-electron chi connectivity index (χ2n) is 10.4. The van der Waals surface area contributed by atoms with Crippen molar-refractivity contribution in [1.29, 1.82) is 0 Å². The fourth-order valence-electron chi connectivity index (χ4n) is 5.49. The molecule has 14 heteroatoms. The summed E-state index contributed by atoms with van der Waals surface area (Å²) < 4.78 is 15.1. The van der Waals surface area contributed by atoms with Crippen molar-refractivity contribution in [2.45, 2.75) is 39.8 Å². The van der Waals surface area contributed by atoms with E-state index in [1.807, 2.05) is 0 Å². The van der Waals surface area contributed by atoms with E-state index < -0.39 is 23.7 Å². The number of halogens is 2. The molecule has 1 aliphatic heterocycles. The van der Waals surface area contributed by atoms with Crippen LogP contribution < -0.4 is 5.32 Å². The van der Waals surface area contributed by atoms with E-state index in [0.29, 0.717) is 45.8 Å². The van der Waals surface area contributed by atoms with E-state index in [-0.39, 0.29) is 40.4 Å². The van der Waals surface area contributed by atoms with Gasteiger partial charge in [-0.05, 0) is 72.7 Å². The SMILES string of the molecule is Cc1ncc(-c2cc3c(C(=O)O)nn(CC(=O)N4CC5CC5C4C(=O)Nc4nc(Br)c(F)cc4C)c3c(C)n2)cn1. The van der Waals surface area contributed by atoms with Gasteiger partial charge in [-0.25, -0.2) is 24.1 Å². The molecule has 12 nitrogen and oxygen atoms in total. The quantitative estimate of drug-likeness (QED) is 0.308. The van der Waals surface area contributed by atoms with Crippen LogP contribution in [0.4, 0.5) is 10.2 Å². The lowest BCUT2D eigenvalue weighted by Gasteiger charge is -2.27. The summed E-state index contributed by atoms with van der Waals surface area (Å²) in [6.07, 6.45) is 4.04. The summed E-state index contributed by atoms with van der Waals surface area (Å²) >= 11 is 3.04. The molecular formula is C27H24BrFN8O4. The van der Waals surface area contributed by atoms with Crippen LogP contribution in [0.1, 0.15) is 34.0 Å². The van der Waals surface area contributed by atoms with Crippen molar-refractivity contribution in [2.24, 2.45) is 11.8 Å². The summed E-state index contributed by atoms with van der Waals surface area (Å²) in [5.41, 5.74) is 2.22. The van der Waals surface area contributed by atoms with Gasteiger partial charge < -0.3 is 15.3 Å². The maximum absolute atomic E-state index is 13.8. The zero-order chi connectivity index (χ0) is 29.2. The number of piperidine rings is 1. The number of hydrogen-bond acceptors (Lipinski definition) is 8. The summed E-state index contributed by atoms with van der Waals surface area (Å²) in [4.78, 5) is 57.6. The van der Waals surface area contributed by atoms with Crippen LogP contribution in [0.15, 0.2) is 29.1 Å². The maximum Gasteiger partial charge on any atom is 0.357 e. The molecule has 1 saturated heterocycles. The molecular weight excluding hydrogens is 599 g/mol. The molecule has 0 spiro atoms. The van der Waals surface area contributed by atoms with E-state index in [4.69, 9.17) is 0 Å². The van der Waals surface area contributed by atoms with Crippen LogP contribution in [0.2, 0.25) is 0 Å². The van der Waals surface area contributed by atoms with Gasteiger partial charge in [0.15, 0.2) is 11.5 Å². The number of carbonyl (C=O) groups is 3. The lowest BCUT2D eigenvalue weighted by Crippen LogP contribution is -2.47. The van der Waals surface area contributed by atoms with Crippen LogP contribution in [0.5, 0.6) is 0 Å². The van der Waals surface area contributed by atoms with E-state index >= 15 is 0 Å². The Morgan fingerprint density at radius 3 is 2.59 bits per heavy atom. The highest BCUT2D eigenvalue weighted by Crippen LogP contribution is 2.50. The Balaban J connectivity index is 1.29. The third kappa shape index (κ3) is 4.81. The molecule has 2 fully saturated rings. The Morgan fingerprint density at radius 1 is 1.15 bits per heavy atom. The Hall–Kier alpha value is -4.33. The fraction of sp³-hybridized carbons (Fsp3) is 0.333. The first-order valence-corrected chi connectivity index (χ1v) is 13.6. The van der Waals surface area contributed by atoms with E-state index in [0.717, 1.165) is 6.42 Å². The summed E-state index contributed by atoms with van der Waals surface area (Å²) in [7, 11) is 0. The van der Waals surface area contributed by atoms with Crippen LogP contribution in [0, 0.1) is 38.4 Å². The molecule has 5 heterocycles. The van der Waals surface area contributed by atoms with Crippen LogP contribution in [0.25, 0.3) is 22.2 Å². The predicted molar refractivity (Wildman–Crippen MR) is 147 cm³/mol. The standard InChI is InChI=1S/C27H24BrFN8O4/c1-11-4-18(29)24(28)33-25(11)34-26(39)23-16-5-14(16)9-36(23)20(38)10-37-22-12(2)32-19(15-7-30-13(3)31-8-15)6-17(22)21(35-37)27(40)41/h4,6-8,14,16,23H,5,9-10H2,1-3H3,(H,40,41)(H,33,34,39). The average Bonchev–Trinajstić information content (AvgIpc) is 3.41. The Bertz CT molecular complexity index is 1760. The number of amides is 2. The van der Waals surface area contributed by atoms with E-state index in [1.165, 1.54) is 15.6 Å². The first-order chi connectivity index (χ1) is 19.5. The van der Waals surface area contributed by atoms with Crippen molar-refractivity contribution in [3.63, 3.8) is 0 Å². The highest BCUT2D eigenvalue weighted by molar-refractivity contribution is 9.10. The molecule has 3 unspecified atom stereocenters. The Kier molecular flexibility index (Phi) is 6.52. The first kappa shape index (κ1) is 26.9.